The molecule has 1 N–H and O–H groups in total. The predicted octanol–water partition coefficient (Wildman–Crippen LogP) is 2.06. The van der Waals surface area contributed by atoms with Crippen LogP contribution in [0.15, 0.2) is 17.5 Å². The first-order chi connectivity index (χ1) is 10.9. The molecule has 23 heavy (non-hydrogen) atoms. The first-order valence-electron chi connectivity index (χ1n) is 7.39. The molecule has 1 fully saturated rings. The van der Waals surface area contributed by atoms with Crippen molar-refractivity contribution in [2.75, 3.05) is 6.61 Å². The zero-order chi connectivity index (χ0) is 16.9. The van der Waals surface area contributed by atoms with E-state index >= 15 is 0 Å². The van der Waals surface area contributed by atoms with Crippen LogP contribution in [0.1, 0.15) is 42.3 Å². The second kappa shape index (κ2) is 7.38. The quantitative estimate of drug-likeness (QED) is 0.580. The lowest BCUT2D eigenvalue weighted by molar-refractivity contribution is -0.148. The smallest absolute Gasteiger partial charge is 0.306 e. The largest absolute Gasteiger partial charge is 0.456 e. The number of carbonyl (C=O) groups excluding carboxylic acids is 3. The fourth-order valence-corrected chi connectivity index (χ4v) is 2.90. The highest BCUT2D eigenvalue weighted by Gasteiger charge is 2.43. The summed E-state index contributed by atoms with van der Waals surface area (Å²) in [5.74, 6) is -1.06. The lowest BCUT2D eigenvalue weighted by Crippen LogP contribution is -2.48. The van der Waals surface area contributed by atoms with E-state index in [-0.39, 0.29) is 24.5 Å². The van der Waals surface area contributed by atoms with Gasteiger partial charge in [-0.2, -0.15) is 5.26 Å². The van der Waals surface area contributed by atoms with E-state index < -0.39 is 24.0 Å². The Labute approximate surface area is 138 Å². The monoisotopic (exact) mass is 334 g/mol. The third kappa shape index (κ3) is 4.89. The Hall–Kier alpha value is -2.20. The summed E-state index contributed by atoms with van der Waals surface area (Å²) in [6.45, 7) is 1.24. The molecule has 1 amide bonds. The summed E-state index contributed by atoms with van der Waals surface area (Å²) >= 11 is 1.32. The molecule has 0 bridgehead atoms. The van der Waals surface area contributed by atoms with E-state index in [0.717, 1.165) is 12.8 Å². The van der Waals surface area contributed by atoms with Crippen molar-refractivity contribution in [2.24, 2.45) is 5.92 Å². The van der Waals surface area contributed by atoms with Gasteiger partial charge in [-0.05, 0) is 37.1 Å². The van der Waals surface area contributed by atoms with Gasteiger partial charge in [0.05, 0.1) is 17.4 Å². The summed E-state index contributed by atoms with van der Waals surface area (Å²) in [5.41, 5.74) is -0.904. The van der Waals surface area contributed by atoms with Crippen LogP contribution in [0.4, 0.5) is 0 Å². The van der Waals surface area contributed by atoms with Crippen LogP contribution in [0.25, 0.3) is 0 Å². The molecule has 1 aliphatic carbocycles. The average Bonchev–Trinajstić information content (AvgIpc) is 3.26. The van der Waals surface area contributed by atoms with Crippen molar-refractivity contribution in [3.8, 4) is 6.07 Å². The Morgan fingerprint density at radius 3 is 2.74 bits per heavy atom. The molecule has 0 radical (unpaired) electrons. The van der Waals surface area contributed by atoms with E-state index in [0.29, 0.717) is 4.88 Å². The molecule has 2 rings (SSSR count). The highest BCUT2D eigenvalue weighted by atomic mass is 32.1. The van der Waals surface area contributed by atoms with E-state index in [1.165, 1.54) is 11.3 Å². The van der Waals surface area contributed by atoms with Gasteiger partial charge in [0.1, 0.15) is 5.54 Å². The van der Waals surface area contributed by atoms with Gasteiger partial charge in [0.25, 0.3) is 5.91 Å². The number of hydrogen-bond donors (Lipinski definition) is 1. The molecule has 1 aliphatic rings. The van der Waals surface area contributed by atoms with Crippen LogP contribution in [0.3, 0.4) is 0 Å². The number of hydrogen-bond acceptors (Lipinski definition) is 6. The first kappa shape index (κ1) is 17.2. The normalized spacial score (nSPS) is 16.0. The molecule has 0 saturated heterocycles. The zero-order valence-electron chi connectivity index (χ0n) is 12.8. The summed E-state index contributed by atoms with van der Waals surface area (Å²) < 4.78 is 4.85. The topological polar surface area (TPSA) is 96.3 Å². The molecule has 1 aromatic rings. The summed E-state index contributed by atoms with van der Waals surface area (Å²) in [7, 11) is 0. The van der Waals surface area contributed by atoms with Crippen molar-refractivity contribution in [1.82, 2.24) is 5.32 Å². The summed E-state index contributed by atoms with van der Waals surface area (Å²) in [6.07, 6.45) is 1.81. The Balaban J connectivity index is 1.69. The Morgan fingerprint density at radius 1 is 1.43 bits per heavy atom. The number of nitriles is 1. The predicted molar refractivity (Wildman–Crippen MR) is 83.7 cm³/mol. The summed E-state index contributed by atoms with van der Waals surface area (Å²) in [6, 6.07) is 5.57. The molecular formula is C16H18N2O4S. The SMILES string of the molecule is C[C@@](C#N)(NC(=O)COC(=O)CCC(=O)c1cccs1)C1CC1. The highest BCUT2D eigenvalue weighted by molar-refractivity contribution is 7.12. The third-order valence-corrected chi connectivity index (χ3v) is 4.65. The van der Waals surface area contributed by atoms with Crippen LogP contribution in [-0.4, -0.2) is 29.8 Å². The Morgan fingerprint density at radius 2 is 2.17 bits per heavy atom. The maximum Gasteiger partial charge on any atom is 0.306 e. The number of nitrogens with one attached hydrogen (secondary N) is 1. The van der Waals surface area contributed by atoms with Crippen molar-refractivity contribution in [3.05, 3.63) is 22.4 Å². The highest BCUT2D eigenvalue weighted by Crippen LogP contribution is 2.39. The van der Waals surface area contributed by atoms with E-state index in [1.54, 1.807) is 24.4 Å². The summed E-state index contributed by atoms with van der Waals surface area (Å²) in [4.78, 5) is 35.7. The van der Waals surface area contributed by atoms with Crippen LogP contribution in [-0.2, 0) is 14.3 Å². The standard InChI is InChI=1S/C16H18N2O4S/c1-16(10-17,11-4-5-11)18-14(20)9-22-15(21)7-6-12(19)13-3-2-8-23-13/h2-3,8,11H,4-7,9H2,1H3,(H,18,20)/t16-/m0/s1. The first-order valence-corrected chi connectivity index (χ1v) is 8.27. The van der Waals surface area contributed by atoms with Gasteiger partial charge in [-0.15, -0.1) is 11.3 Å². The molecule has 7 heteroatoms. The average molecular weight is 334 g/mol. The number of Topliss-reactive ketones (excluding diaryl/α,β-unsaturated/α-hetero) is 1. The molecule has 1 saturated carbocycles. The Kier molecular flexibility index (Phi) is 5.50. The molecular weight excluding hydrogens is 316 g/mol. The maximum absolute atomic E-state index is 11.8. The van der Waals surface area contributed by atoms with E-state index in [2.05, 4.69) is 11.4 Å². The van der Waals surface area contributed by atoms with Gasteiger partial charge in [0.15, 0.2) is 12.4 Å². The molecule has 122 valence electrons. The molecule has 0 aromatic carbocycles. The lowest BCUT2D eigenvalue weighted by Gasteiger charge is -2.22. The van der Waals surface area contributed by atoms with Crippen LogP contribution < -0.4 is 5.32 Å². The van der Waals surface area contributed by atoms with Crippen LogP contribution >= 0.6 is 11.3 Å². The lowest BCUT2D eigenvalue weighted by atomic mass is 9.98. The fraction of sp³-hybridized carbons (Fsp3) is 0.500. The molecule has 1 heterocycles. The molecule has 0 unspecified atom stereocenters. The van der Waals surface area contributed by atoms with Gasteiger partial charge in [-0.25, -0.2) is 0 Å². The van der Waals surface area contributed by atoms with Gasteiger partial charge < -0.3 is 10.1 Å². The third-order valence-electron chi connectivity index (χ3n) is 3.74. The number of rotatable bonds is 8. The minimum atomic E-state index is -0.904. The molecule has 6 nitrogen and oxygen atoms in total. The summed E-state index contributed by atoms with van der Waals surface area (Å²) in [5, 5.41) is 13.5. The second-order valence-electron chi connectivity index (χ2n) is 5.70. The number of ketones is 1. The molecule has 0 spiro atoms. The van der Waals surface area contributed by atoms with Gasteiger partial charge in [0.2, 0.25) is 0 Å². The van der Waals surface area contributed by atoms with Crippen molar-refractivity contribution < 1.29 is 19.1 Å². The number of thiophene rings is 1. The van der Waals surface area contributed by atoms with E-state index in [1.807, 2.05) is 0 Å². The minimum absolute atomic E-state index is 0.0545. The number of esters is 1. The Bertz CT molecular complexity index is 631. The number of amides is 1. The van der Waals surface area contributed by atoms with Gasteiger partial charge in [-0.3, -0.25) is 14.4 Å². The van der Waals surface area contributed by atoms with Crippen molar-refractivity contribution >= 4 is 29.0 Å². The van der Waals surface area contributed by atoms with E-state index in [9.17, 15) is 14.4 Å². The van der Waals surface area contributed by atoms with Crippen LogP contribution in [0.5, 0.6) is 0 Å². The number of nitrogens with zero attached hydrogens (tertiary/aromatic N) is 1. The number of carbonyl (C=O) groups is 3. The second-order valence-corrected chi connectivity index (χ2v) is 6.65. The fourth-order valence-electron chi connectivity index (χ4n) is 2.20. The zero-order valence-corrected chi connectivity index (χ0v) is 13.6. The molecule has 1 aromatic heterocycles. The van der Waals surface area contributed by atoms with Gasteiger partial charge >= 0.3 is 5.97 Å². The molecule has 1 atom stereocenters. The maximum atomic E-state index is 11.8. The van der Waals surface area contributed by atoms with Crippen molar-refractivity contribution in [1.29, 1.82) is 5.26 Å². The van der Waals surface area contributed by atoms with Gasteiger partial charge in [0, 0.05) is 6.42 Å². The molecule has 0 aliphatic heterocycles. The number of ether oxygens (including phenoxy) is 1. The van der Waals surface area contributed by atoms with Crippen molar-refractivity contribution in [3.63, 3.8) is 0 Å². The van der Waals surface area contributed by atoms with Crippen LogP contribution in [0.2, 0.25) is 0 Å². The van der Waals surface area contributed by atoms with Crippen molar-refractivity contribution in [2.45, 2.75) is 38.1 Å². The minimum Gasteiger partial charge on any atom is -0.456 e. The van der Waals surface area contributed by atoms with Gasteiger partial charge in [-0.1, -0.05) is 6.07 Å². The van der Waals surface area contributed by atoms with Crippen LogP contribution in [0, 0.1) is 17.2 Å². The van der Waals surface area contributed by atoms with E-state index in [4.69, 9.17) is 10.00 Å².